The van der Waals surface area contributed by atoms with Crippen LogP contribution in [-0.4, -0.2) is 20.6 Å². The quantitative estimate of drug-likeness (QED) is 0.158. The first-order valence-electron chi connectivity index (χ1n) is 21.5. The number of pyridine rings is 2. The minimum atomic E-state index is -0.551. The molecule has 0 amide bonds. The Hall–Kier alpha value is -7.04. The van der Waals surface area contributed by atoms with Gasteiger partial charge in [-0.15, -0.1) is 0 Å². The van der Waals surface area contributed by atoms with E-state index >= 15 is 0 Å². The van der Waals surface area contributed by atoms with Crippen molar-refractivity contribution in [3.8, 4) is 27.9 Å². The number of hydrogen-bond donors (Lipinski definition) is 0. The summed E-state index contributed by atoms with van der Waals surface area (Å²) in [6.45, 7) is 2.31. The van der Waals surface area contributed by atoms with Crippen molar-refractivity contribution in [1.29, 1.82) is 0 Å². The molecule has 0 fully saturated rings. The van der Waals surface area contributed by atoms with E-state index in [1.165, 1.54) is 75.1 Å². The molecule has 4 heteroatoms. The van der Waals surface area contributed by atoms with E-state index in [0.29, 0.717) is 17.9 Å². The Labute approximate surface area is 351 Å². The van der Waals surface area contributed by atoms with Gasteiger partial charge in [-0.1, -0.05) is 146 Å². The molecule has 6 aromatic carbocycles. The molecule has 4 nitrogen and oxygen atoms in total. The van der Waals surface area contributed by atoms with Crippen molar-refractivity contribution in [2.75, 3.05) is 4.90 Å². The SMILES string of the molecule is CCC1C=CC2C(CC1)c1cnccc1N2c1ccc(-c2ccc(-n3c4ccccc4c4nc5c(cc43)-c3ccccc3C5(c3ccccc3)c3ccccc3)cc2)cc1. The van der Waals surface area contributed by atoms with Crippen molar-refractivity contribution in [3.05, 3.63) is 222 Å². The molecule has 3 atom stereocenters. The average molecular weight is 773 g/mol. The monoisotopic (exact) mass is 772 g/mol. The number of rotatable bonds is 6. The molecule has 12 rings (SSSR count). The Morgan fingerprint density at radius 3 is 2.02 bits per heavy atom. The molecule has 4 heterocycles. The zero-order valence-electron chi connectivity index (χ0n) is 33.6. The van der Waals surface area contributed by atoms with Crippen LogP contribution in [0.2, 0.25) is 0 Å². The van der Waals surface area contributed by atoms with E-state index in [-0.39, 0.29) is 0 Å². The highest BCUT2D eigenvalue weighted by molar-refractivity contribution is 6.09. The van der Waals surface area contributed by atoms with Crippen LogP contribution in [0, 0.1) is 5.92 Å². The fraction of sp³-hybridized carbons (Fsp3) is 0.143. The van der Waals surface area contributed by atoms with Crippen LogP contribution >= 0.6 is 0 Å². The van der Waals surface area contributed by atoms with Crippen molar-refractivity contribution < 1.29 is 0 Å². The van der Waals surface area contributed by atoms with Crippen molar-refractivity contribution >= 4 is 33.3 Å². The first-order valence-corrected chi connectivity index (χ1v) is 21.5. The first kappa shape index (κ1) is 35.0. The molecule has 0 spiro atoms. The number of aromatic nitrogens is 3. The van der Waals surface area contributed by atoms with Crippen LogP contribution in [-0.2, 0) is 5.41 Å². The molecule has 288 valence electrons. The van der Waals surface area contributed by atoms with Gasteiger partial charge in [0.05, 0.1) is 33.7 Å². The molecule has 3 aromatic heterocycles. The molecule has 0 N–H and O–H groups in total. The summed E-state index contributed by atoms with van der Waals surface area (Å²) in [5.41, 5.74) is 17.3. The Morgan fingerprint density at radius 1 is 0.617 bits per heavy atom. The molecular weight excluding hydrogens is 729 g/mol. The number of allylic oxidation sites excluding steroid dienone is 1. The van der Waals surface area contributed by atoms with E-state index in [4.69, 9.17) is 4.98 Å². The third-order valence-corrected chi connectivity index (χ3v) is 13.8. The summed E-state index contributed by atoms with van der Waals surface area (Å²) < 4.78 is 2.40. The minimum Gasteiger partial charge on any atom is -0.334 e. The zero-order chi connectivity index (χ0) is 39.8. The lowest BCUT2D eigenvalue weighted by Gasteiger charge is -2.32. The van der Waals surface area contributed by atoms with Gasteiger partial charge in [-0.25, -0.2) is 4.98 Å². The third-order valence-electron chi connectivity index (χ3n) is 13.8. The van der Waals surface area contributed by atoms with Crippen LogP contribution < -0.4 is 4.90 Å². The maximum Gasteiger partial charge on any atom is 0.0967 e. The normalized spacial score (nSPS) is 18.6. The molecule has 0 saturated heterocycles. The molecule has 3 unspecified atom stereocenters. The maximum atomic E-state index is 5.78. The molecule has 2 aliphatic carbocycles. The second-order valence-electron chi connectivity index (χ2n) is 16.8. The third kappa shape index (κ3) is 5.10. The molecule has 0 bridgehead atoms. The van der Waals surface area contributed by atoms with Gasteiger partial charge in [0.25, 0.3) is 0 Å². The van der Waals surface area contributed by atoms with Gasteiger partial charge in [0.2, 0.25) is 0 Å². The van der Waals surface area contributed by atoms with E-state index in [9.17, 15) is 0 Å². The lowest BCUT2D eigenvalue weighted by Crippen LogP contribution is -2.29. The van der Waals surface area contributed by atoms with E-state index in [0.717, 1.165) is 33.3 Å². The molecule has 0 radical (unpaired) electrons. The number of anilines is 2. The van der Waals surface area contributed by atoms with E-state index in [2.05, 4.69) is 210 Å². The predicted molar refractivity (Wildman–Crippen MR) is 246 cm³/mol. The maximum absolute atomic E-state index is 5.78. The summed E-state index contributed by atoms with van der Waals surface area (Å²) in [5.74, 6) is 1.12. The van der Waals surface area contributed by atoms with E-state index < -0.39 is 5.41 Å². The second-order valence-corrected chi connectivity index (χ2v) is 16.8. The molecule has 60 heavy (non-hydrogen) atoms. The number of nitrogens with zero attached hydrogens (tertiary/aromatic N) is 4. The number of hydrogen-bond acceptors (Lipinski definition) is 3. The van der Waals surface area contributed by atoms with E-state index in [1.807, 2.05) is 6.20 Å². The summed E-state index contributed by atoms with van der Waals surface area (Å²) in [7, 11) is 0. The fourth-order valence-corrected chi connectivity index (χ4v) is 10.9. The number of benzene rings is 6. The van der Waals surface area contributed by atoms with E-state index in [1.54, 1.807) is 0 Å². The van der Waals surface area contributed by atoms with Gasteiger partial charge in [0.1, 0.15) is 0 Å². The standard InChI is InChI=1S/C56H44N4/c1-2-37-21-31-45-48-36-57-34-33-52(48)59(51(45)32-22-37)42-27-23-38(24-28-42)39-25-29-43(30-26-39)60-50-20-12-10-18-46(50)54-53(60)35-47-44-17-9-11-19-49(44)56(55(47)58-54,40-13-5-3-6-14-40)41-15-7-4-8-16-41/h3-20,22-30,32-37,45,51H,2,21,31H2,1H3. The molecule has 1 aliphatic heterocycles. The van der Waals surface area contributed by atoms with Gasteiger partial charge < -0.3 is 9.47 Å². The van der Waals surface area contributed by atoms with Gasteiger partial charge >= 0.3 is 0 Å². The largest absolute Gasteiger partial charge is 0.334 e. The van der Waals surface area contributed by atoms with Crippen LogP contribution in [0.15, 0.2) is 194 Å². The Kier molecular flexibility index (Phi) is 8.03. The van der Waals surface area contributed by atoms with Gasteiger partial charge in [0, 0.05) is 46.3 Å². The van der Waals surface area contributed by atoms with Crippen molar-refractivity contribution in [3.63, 3.8) is 0 Å². The molecule has 9 aromatic rings. The van der Waals surface area contributed by atoms with Crippen molar-refractivity contribution in [2.45, 2.75) is 43.6 Å². The van der Waals surface area contributed by atoms with Gasteiger partial charge in [-0.05, 0) is 107 Å². The summed E-state index contributed by atoms with van der Waals surface area (Å²) in [6, 6.07) is 62.6. The molecule has 3 aliphatic rings. The minimum absolute atomic E-state index is 0.314. The van der Waals surface area contributed by atoms with Gasteiger partial charge in [-0.2, -0.15) is 0 Å². The Morgan fingerprint density at radius 2 is 1.28 bits per heavy atom. The lowest BCUT2D eigenvalue weighted by molar-refractivity contribution is 0.505. The zero-order valence-corrected chi connectivity index (χ0v) is 33.6. The number of para-hydroxylation sites is 1. The summed E-state index contributed by atoms with van der Waals surface area (Å²) in [4.78, 5) is 12.9. The number of fused-ring (bicyclic) bond motifs is 9. The smallest absolute Gasteiger partial charge is 0.0967 e. The van der Waals surface area contributed by atoms with Gasteiger partial charge in [0.15, 0.2) is 0 Å². The summed E-state index contributed by atoms with van der Waals surface area (Å²) in [6.07, 6.45) is 12.6. The summed E-state index contributed by atoms with van der Waals surface area (Å²) >= 11 is 0. The highest BCUT2D eigenvalue weighted by Crippen LogP contribution is 2.56. The predicted octanol–water partition coefficient (Wildman–Crippen LogP) is 13.6. The van der Waals surface area contributed by atoms with Crippen LogP contribution in [0.25, 0.3) is 49.9 Å². The van der Waals surface area contributed by atoms with Crippen LogP contribution in [0.4, 0.5) is 11.4 Å². The van der Waals surface area contributed by atoms with Crippen molar-refractivity contribution in [2.24, 2.45) is 5.92 Å². The first-order chi connectivity index (χ1) is 29.7. The fourth-order valence-electron chi connectivity index (χ4n) is 10.9. The Balaban J connectivity index is 0.955. The lowest BCUT2D eigenvalue weighted by atomic mass is 9.69. The second kappa shape index (κ2) is 13.8. The molecule has 0 saturated carbocycles. The van der Waals surface area contributed by atoms with Crippen LogP contribution in [0.3, 0.4) is 0 Å². The highest BCUT2D eigenvalue weighted by Gasteiger charge is 2.48. The topological polar surface area (TPSA) is 34.0 Å². The van der Waals surface area contributed by atoms with Crippen LogP contribution in [0.1, 0.15) is 60.1 Å². The average Bonchev–Trinajstić information content (AvgIpc) is 3.85. The van der Waals surface area contributed by atoms with Crippen LogP contribution in [0.5, 0.6) is 0 Å². The molecular formula is C56H44N4. The summed E-state index contributed by atoms with van der Waals surface area (Å²) in [5, 5.41) is 1.15. The highest BCUT2D eigenvalue weighted by atomic mass is 15.2. The van der Waals surface area contributed by atoms with Crippen molar-refractivity contribution in [1.82, 2.24) is 14.5 Å². The van der Waals surface area contributed by atoms with Gasteiger partial charge in [-0.3, -0.25) is 4.98 Å². The Bertz CT molecular complexity index is 3050.